The van der Waals surface area contributed by atoms with Crippen LogP contribution in [0.25, 0.3) is 0 Å². The third-order valence-electron chi connectivity index (χ3n) is 3.92. The molecule has 1 saturated heterocycles. The van der Waals surface area contributed by atoms with Crippen molar-refractivity contribution < 1.29 is 9.47 Å². The van der Waals surface area contributed by atoms with E-state index in [0.29, 0.717) is 12.0 Å². The Morgan fingerprint density at radius 1 is 1.32 bits per heavy atom. The molecule has 0 N–H and O–H groups in total. The molecule has 0 aliphatic carbocycles. The second-order valence-electron chi connectivity index (χ2n) is 5.53. The molecule has 0 amide bonds. The average Bonchev–Trinajstić information content (AvgIpc) is 2.86. The summed E-state index contributed by atoms with van der Waals surface area (Å²) in [5.74, 6) is 1.50. The molecule has 1 atom stereocenters. The summed E-state index contributed by atoms with van der Waals surface area (Å²) in [5.41, 5.74) is 2.58. The minimum atomic E-state index is 0.473. The zero-order valence-corrected chi connectivity index (χ0v) is 12.5. The first kappa shape index (κ1) is 14.2. The first-order valence-electron chi connectivity index (χ1n) is 7.11. The summed E-state index contributed by atoms with van der Waals surface area (Å²) in [6.45, 7) is 6.32. The highest BCUT2D eigenvalue weighted by atomic mass is 16.5. The molecule has 0 saturated carbocycles. The van der Waals surface area contributed by atoms with E-state index in [2.05, 4.69) is 36.9 Å². The van der Waals surface area contributed by atoms with Crippen molar-refractivity contribution in [2.24, 2.45) is 0 Å². The van der Waals surface area contributed by atoms with Gasteiger partial charge in [0.15, 0.2) is 0 Å². The minimum absolute atomic E-state index is 0.473. The molecule has 0 spiro atoms. The minimum Gasteiger partial charge on any atom is -0.495 e. The SMILES string of the molecule is COCC1CCCN1c1cc(C(C)C)ccc1OC. The molecule has 1 aromatic rings. The Balaban J connectivity index is 2.32. The van der Waals surface area contributed by atoms with Crippen LogP contribution in [0.3, 0.4) is 0 Å². The van der Waals surface area contributed by atoms with Gasteiger partial charge in [-0.1, -0.05) is 19.9 Å². The van der Waals surface area contributed by atoms with Gasteiger partial charge in [-0.25, -0.2) is 0 Å². The largest absolute Gasteiger partial charge is 0.495 e. The molecule has 1 fully saturated rings. The van der Waals surface area contributed by atoms with Crippen molar-refractivity contribution in [1.82, 2.24) is 0 Å². The summed E-state index contributed by atoms with van der Waals surface area (Å²) < 4.78 is 10.9. The van der Waals surface area contributed by atoms with Crippen LogP contribution in [0.1, 0.15) is 38.2 Å². The van der Waals surface area contributed by atoms with Gasteiger partial charge in [0.1, 0.15) is 5.75 Å². The Morgan fingerprint density at radius 3 is 2.74 bits per heavy atom. The molecule has 0 aromatic heterocycles. The quantitative estimate of drug-likeness (QED) is 0.812. The third kappa shape index (κ3) is 3.03. The van der Waals surface area contributed by atoms with E-state index >= 15 is 0 Å². The first-order chi connectivity index (χ1) is 9.17. The Kier molecular flexibility index (Phi) is 4.70. The van der Waals surface area contributed by atoms with E-state index in [1.54, 1.807) is 14.2 Å². The summed E-state index contributed by atoms with van der Waals surface area (Å²) in [6, 6.07) is 7.00. The highest BCUT2D eigenvalue weighted by molar-refractivity contribution is 5.61. The molecule has 1 aliphatic rings. The fourth-order valence-electron chi connectivity index (χ4n) is 2.81. The summed E-state index contributed by atoms with van der Waals surface area (Å²) in [6.07, 6.45) is 2.42. The fraction of sp³-hybridized carbons (Fsp3) is 0.625. The van der Waals surface area contributed by atoms with Crippen molar-refractivity contribution in [3.8, 4) is 5.75 Å². The van der Waals surface area contributed by atoms with Crippen LogP contribution in [-0.2, 0) is 4.74 Å². The molecule has 1 aromatic carbocycles. The molecule has 2 rings (SSSR count). The van der Waals surface area contributed by atoms with Crippen molar-refractivity contribution in [3.05, 3.63) is 23.8 Å². The van der Waals surface area contributed by atoms with E-state index in [1.807, 2.05) is 0 Å². The summed E-state index contributed by atoms with van der Waals surface area (Å²) in [5, 5.41) is 0. The molecule has 1 unspecified atom stereocenters. The Labute approximate surface area is 116 Å². The Morgan fingerprint density at radius 2 is 2.11 bits per heavy atom. The second kappa shape index (κ2) is 6.29. The zero-order chi connectivity index (χ0) is 13.8. The molecular weight excluding hydrogens is 238 g/mol. The van der Waals surface area contributed by atoms with Gasteiger partial charge in [-0.3, -0.25) is 0 Å². The van der Waals surface area contributed by atoms with E-state index in [4.69, 9.17) is 9.47 Å². The predicted molar refractivity (Wildman–Crippen MR) is 79.3 cm³/mol. The van der Waals surface area contributed by atoms with Crippen LogP contribution < -0.4 is 9.64 Å². The summed E-state index contributed by atoms with van der Waals surface area (Å²) in [4.78, 5) is 2.44. The van der Waals surface area contributed by atoms with Gasteiger partial charge in [0.2, 0.25) is 0 Å². The van der Waals surface area contributed by atoms with Crippen molar-refractivity contribution in [1.29, 1.82) is 0 Å². The van der Waals surface area contributed by atoms with E-state index in [-0.39, 0.29) is 0 Å². The second-order valence-corrected chi connectivity index (χ2v) is 5.53. The normalized spacial score (nSPS) is 19.2. The van der Waals surface area contributed by atoms with E-state index in [0.717, 1.165) is 18.9 Å². The number of hydrogen-bond acceptors (Lipinski definition) is 3. The average molecular weight is 263 g/mol. The molecule has 106 valence electrons. The zero-order valence-electron chi connectivity index (χ0n) is 12.5. The van der Waals surface area contributed by atoms with Crippen LogP contribution in [0.5, 0.6) is 5.75 Å². The van der Waals surface area contributed by atoms with Crippen molar-refractivity contribution in [3.63, 3.8) is 0 Å². The van der Waals surface area contributed by atoms with Crippen LogP contribution in [0.4, 0.5) is 5.69 Å². The molecule has 3 heteroatoms. The molecule has 1 heterocycles. The highest BCUT2D eigenvalue weighted by Gasteiger charge is 2.27. The van der Waals surface area contributed by atoms with Crippen molar-refractivity contribution in [2.75, 3.05) is 32.3 Å². The van der Waals surface area contributed by atoms with Gasteiger partial charge in [-0.15, -0.1) is 0 Å². The molecule has 19 heavy (non-hydrogen) atoms. The lowest BCUT2D eigenvalue weighted by Crippen LogP contribution is -2.33. The lowest BCUT2D eigenvalue weighted by atomic mass is 10.0. The first-order valence-corrected chi connectivity index (χ1v) is 7.11. The number of anilines is 1. The Hall–Kier alpha value is -1.22. The lowest BCUT2D eigenvalue weighted by Gasteiger charge is -2.28. The number of ether oxygens (including phenoxy) is 2. The molecule has 0 bridgehead atoms. The number of methoxy groups -OCH3 is 2. The molecule has 3 nitrogen and oxygen atoms in total. The fourth-order valence-corrected chi connectivity index (χ4v) is 2.81. The summed E-state index contributed by atoms with van der Waals surface area (Å²) in [7, 11) is 3.52. The van der Waals surface area contributed by atoms with E-state index < -0.39 is 0 Å². The predicted octanol–water partition coefficient (Wildman–Crippen LogP) is 3.43. The number of nitrogens with zero attached hydrogens (tertiary/aromatic N) is 1. The Bertz CT molecular complexity index is 417. The molecule has 0 radical (unpaired) electrons. The third-order valence-corrected chi connectivity index (χ3v) is 3.92. The van der Waals surface area contributed by atoms with Crippen molar-refractivity contribution in [2.45, 2.75) is 38.6 Å². The smallest absolute Gasteiger partial charge is 0.142 e. The lowest BCUT2D eigenvalue weighted by molar-refractivity contribution is 0.180. The van der Waals surface area contributed by atoms with Crippen LogP contribution in [0.2, 0.25) is 0 Å². The van der Waals surface area contributed by atoms with Crippen LogP contribution in [0, 0.1) is 0 Å². The molecular formula is C16H25NO2. The van der Waals surface area contributed by atoms with Gasteiger partial charge in [0.05, 0.1) is 25.4 Å². The number of benzene rings is 1. The maximum Gasteiger partial charge on any atom is 0.142 e. The van der Waals surface area contributed by atoms with E-state index in [1.165, 1.54) is 24.1 Å². The van der Waals surface area contributed by atoms with Gasteiger partial charge in [-0.2, -0.15) is 0 Å². The van der Waals surface area contributed by atoms with Crippen molar-refractivity contribution >= 4 is 5.69 Å². The maximum absolute atomic E-state index is 5.54. The van der Waals surface area contributed by atoms with Crippen LogP contribution >= 0.6 is 0 Å². The van der Waals surface area contributed by atoms with Gasteiger partial charge in [-0.05, 0) is 36.5 Å². The molecule has 1 aliphatic heterocycles. The topological polar surface area (TPSA) is 21.7 Å². The van der Waals surface area contributed by atoms with Gasteiger partial charge in [0, 0.05) is 13.7 Å². The van der Waals surface area contributed by atoms with E-state index in [9.17, 15) is 0 Å². The monoisotopic (exact) mass is 263 g/mol. The standard InChI is InChI=1S/C16H25NO2/c1-12(2)13-7-8-16(19-4)15(10-13)17-9-5-6-14(17)11-18-3/h7-8,10,12,14H,5-6,9,11H2,1-4H3. The number of hydrogen-bond donors (Lipinski definition) is 0. The summed E-state index contributed by atoms with van der Waals surface area (Å²) >= 11 is 0. The van der Waals surface area contributed by atoms with Gasteiger partial charge >= 0.3 is 0 Å². The van der Waals surface area contributed by atoms with Gasteiger partial charge in [0.25, 0.3) is 0 Å². The van der Waals surface area contributed by atoms with Crippen LogP contribution in [0.15, 0.2) is 18.2 Å². The van der Waals surface area contributed by atoms with Gasteiger partial charge < -0.3 is 14.4 Å². The highest BCUT2D eigenvalue weighted by Crippen LogP contribution is 2.36. The number of rotatable bonds is 5. The maximum atomic E-state index is 5.54. The van der Waals surface area contributed by atoms with Crippen LogP contribution in [-0.4, -0.2) is 33.4 Å².